The van der Waals surface area contributed by atoms with Gasteiger partial charge in [-0.2, -0.15) is 0 Å². The molecule has 0 bridgehead atoms. The highest BCUT2D eigenvalue weighted by Gasteiger charge is 2.30. The van der Waals surface area contributed by atoms with Crippen molar-refractivity contribution in [3.8, 4) is 5.75 Å². The van der Waals surface area contributed by atoms with Gasteiger partial charge < -0.3 is 15.9 Å². The molecule has 1 aromatic carbocycles. The lowest BCUT2D eigenvalue weighted by molar-refractivity contribution is 0.0391. The Hall–Kier alpha value is -0.840. The zero-order valence-electron chi connectivity index (χ0n) is 10.1. The molecule has 1 aromatic rings. The average Bonchev–Trinajstić information content (AvgIpc) is 2.14. The minimum Gasteiger partial charge on any atom is -0.508 e. The van der Waals surface area contributed by atoms with E-state index in [9.17, 15) is 9.50 Å². The van der Waals surface area contributed by atoms with E-state index in [0.29, 0.717) is 0 Å². The van der Waals surface area contributed by atoms with Crippen molar-refractivity contribution in [3.05, 3.63) is 29.6 Å². The molecule has 0 aliphatic heterocycles. The van der Waals surface area contributed by atoms with E-state index >= 15 is 0 Å². The summed E-state index contributed by atoms with van der Waals surface area (Å²) < 4.78 is 13.5. The van der Waals surface area contributed by atoms with Gasteiger partial charge in [0.05, 0.1) is 12.1 Å². The third-order valence-electron chi connectivity index (χ3n) is 2.57. The maximum atomic E-state index is 13.5. The number of aromatic hydroxyl groups is 1. The zero-order valence-corrected chi connectivity index (χ0v) is 11.0. The summed E-state index contributed by atoms with van der Waals surface area (Å²) >= 11 is 0. The van der Waals surface area contributed by atoms with Crippen molar-refractivity contribution in [1.82, 2.24) is 0 Å². The number of rotatable bonds is 2. The molecule has 0 aliphatic carbocycles. The number of aliphatic hydroxyl groups excluding tert-OH is 1. The number of hydrogen-bond donors (Lipinski definition) is 3. The van der Waals surface area contributed by atoms with Crippen LogP contribution < -0.4 is 5.73 Å². The smallest absolute Gasteiger partial charge is 0.131 e. The number of aliphatic hydroxyl groups is 1. The minimum atomic E-state index is -0.855. The number of benzene rings is 1. The predicted octanol–water partition coefficient (Wildman–Crippen LogP) is 2.36. The molecule has 17 heavy (non-hydrogen) atoms. The minimum absolute atomic E-state index is 0. The van der Waals surface area contributed by atoms with Gasteiger partial charge in [-0.05, 0) is 11.5 Å². The van der Waals surface area contributed by atoms with Gasteiger partial charge >= 0.3 is 0 Å². The largest absolute Gasteiger partial charge is 0.508 e. The molecule has 1 rings (SSSR count). The first-order chi connectivity index (χ1) is 7.23. The van der Waals surface area contributed by atoms with Crippen molar-refractivity contribution in [3.63, 3.8) is 0 Å². The Morgan fingerprint density at radius 1 is 1.29 bits per heavy atom. The molecule has 0 heterocycles. The fourth-order valence-electron chi connectivity index (χ4n) is 1.50. The molecule has 0 radical (unpaired) electrons. The topological polar surface area (TPSA) is 66.5 Å². The number of hydrogen-bond acceptors (Lipinski definition) is 3. The zero-order chi connectivity index (χ0) is 12.5. The van der Waals surface area contributed by atoms with E-state index in [2.05, 4.69) is 0 Å². The quantitative estimate of drug-likeness (QED) is 0.767. The molecule has 0 spiro atoms. The summed E-state index contributed by atoms with van der Waals surface area (Å²) in [4.78, 5) is 0. The lowest BCUT2D eigenvalue weighted by Gasteiger charge is -2.31. The maximum Gasteiger partial charge on any atom is 0.131 e. The van der Waals surface area contributed by atoms with Gasteiger partial charge in [-0.3, -0.25) is 0 Å². The molecule has 3 nitrogen and oxygen atoms in total. The lowest BCUT2D eigenvalue weighted by atomic mass is 9.82. The number of nitrogens with two attached hydrogens (primary N) is 1. The summed E-state index contributed by atoms with van der Waals surface area (Å²) in [6.07, 6.45) is -0.855. The summed E-state index contributed by atoms with van der Waals surface area (Å²) in [5.41, 5.74) is 5.59. The second kappa shape index (κ2) is 5.67. The van der Waals surface area contributed by atoms with E-state index in [1.54, 1.807) is 0 Å². The fraction of sp³-hybridized carbons (Fsp3) is 0.500. The third-order valence-corrected chi connectivity index (χ3v) is 2.57. The number of phenols is 1. The van der Waals surface area contributed by atoms with Gasteiger partial charge in [0.1, 0.15) is 11.6 Å². The highest BCUT2D eigenvalue weighted by Crippen LogP contribution is 2.30. The monoisotopic (exact) mass is 263 g/mol. The first kappa shape index (κ1) is 16.2. The van der Waals surface area contributed by atoms with E-state index < -0.39 is 23.4 Å². The molecular formula is C12H19ClFNO2. The van der Waals surface area contributed by atoms with Crippen LogP contribution in [0, 0.1) is 11.2 Å². The third kappa shape index (κ3) is 3.84. The Labute approximate surface area is 107 Å². The number of phenolic OH excluding ortho intramolecular Hbond substituents is 1. The van der Waals surface area contributed by atoms with Crippen LogP contribution in [-0.4, -0.2) is 16.3 Å². The van der Waals surface area contributed by atoms with Gasteiger partial charge in [0.15, 0.2) is 0 Å². The second-order valence-corrected chi connectivity index (χ2v) is 5.04. The molecule has 98 valence electrons. The first-order valence-electron chi connectivity index (χ1n) is 5.15. The molecule has 0 unspecified atom stereocenters. The maximum absolute atomic E-state index is 13.5. The van der Waals surface area contributed by atoms with Crippen LogP contribution in [0.3, 0.4) is 0 Å². The van der Waals surface area contributed by atoms with Crippen LogP contribution >= 0.6 is 12.4 Å². The molecule has 4 N–H and O–H groups in total. The lowest BCUT2D eigenvalue weighted by Crippen LogP contribution is -2.37. The van der Waals surface area contributed by atoms with Crippen LogP contribution in [0.15, 0.2) is 18.2 Å². The molecule has 0 aromatic heterocycles. The fourth-order valence-corrected chi connectivity index (χ4v) is 1.50. The molecule has 5 heteroatoms. The Balaban J connectivity index is 0.00000256. The van der Waals surface area contributed by atoms with Gasteiger partial charge in [-0.15, -0.1) is 12.4 Å². The van der Waals surface area contributed by atoms with Gasteiger partial charge in [-0.25, -0.2) is 4.39 Å². The average molecular weight is 264 g/mol. The highest BCUT2D eigenvalue weighted by atomic mass is 35.5. The van der Waals surface area contributed by atoms with Crippen LogP contribution in [0.5, 0.6) is 5.75 Å². The van der Waals surface area contributed by atoms with Crippen molar-refractivity contribution >= 4 is 12.4 Å². The van der Waals surface area contributed by atoms with E-state index in [4.69, 9.17) is 10.8 Å². The van der Waals surface area contributed by atoms with Crippen molar-refractivity contribution in [2.24, 2.45) is 11.1 Å². The normalized spacial score (nSPS) is 14.9. The van der Waals surface area contributed by atoms with Crippen molar-refractivity contribution in [2.45, 2.75) is 32.9 Å². The van der Waals surface area contributed by atoms with Crippen LogP contribution in [0.2, 0.25) is 0 Å². The van der Waals surface area contributed by atoms with Crippen LogP contribution in [0.1, 0.15) is 32.4 Å². The Kier molecular flexibility index (Phi) is 5.39. The van der Waals surface area contributed by atoms with Crippen LogP contribution in [0.4, 0.5) is 4.39 Å². The van der Waals surface area contributed by atoms with E-state index in [1.807, 2.05) is 20.8 Å². The summed E-state index contributed by atoms with van der Waals surface area (Å²) in [5.74, 6) is -0.755. The standard InChI is InChI=1S/C12H18FNO2.ClH/c1-12(2,3)11(16)10(14)8-5-4-7(15)6-9(8)13;/h4-6,10-11,15-16H,14H2,1-3H3;1H/t10-,11-;/m1./s1. The molecule has 2 atom stereocenters. The predicted molar refractivity (Wildman–Crippen MR) is 67.7 cm³/mol. The van der Waals surface area contributed by atoms with Gasteiger partial charge in [0.25, 0.3) is 0 Å². The highest BCUT2D eigenvalue weighted by molar-refractivity contribution is 5.85. The van der Waals surface area contributed by atoms with Crippen molar-refractivity contribution in [2.75, 3.05) is 0 Å². The van der Waals surface area contributed by atoms with Crippen LogP contribution in [-0.2, 0) is 0 Å². The van der Waals surface area contributed by atoms with Crippen LogP contribution in [0.25, 0.3) is 0 Å². The molecular weight excluding hydrogens is 245 g/mol. The van der Waals surface area contributed by atoms with Gasteiger partial charge in [-0.1, -0.05) is 26.8 Å². The Morgan fingerprint density at radius 3 is 2.24 bits per heavy atom. The van der Waals surface area contributed by atoms with Gasteiger partial charge in [0.2, 0.25) is 0 Å². The van der Waals surface area contributed by atoms with Crippen molar-refractivity contribution < 1.29 is 14.6 Å². The van der Waals surface area contributed by atoms with Gasteiger partial charge in [0, 0.05) is 11.6 Å². The summed E-state index contributed by atoms with van der Waals surface area (Å²) in [6.45, 7) is 5.49. The SMILES string of the molecule is CC(C)(C)[C@H](O)[C@H](N)c1ccc(O)cc1F.Cl. The van der Waals surface area contributed by atoms with Crippen molar-refractivity contribution in [1.29, 1.82) is 0 Å². The second-order valence-electron chi connectivity index (χ2n) is 5.04. The van der Waals surface area contributed by atoms with E-state index in [-0.39, 0.29) is 23.7 Å². The number of halogens is 2. The Morgan fingerprint density at radius 2 is 1.82 bits per heavy atom. The molecule has 0 saturated carbocycles. The summed E-state index contributed by atoms with van der Waals surface area (Å²) in [6, 6.07) is 2.93. The Bertz CT molecular complexity index is 379. The van der Waals surface area contributed by atoms with E-state index in [1.165, 1.54) is 12.1 Å². The molecule has 0 amide bonds. The molecule has 0 aliphatic rings. The summed E-state index contributed by atoms with van der Waals surface area (Å²) in [5, 5.41) is 19.0. The summed E-state index contributed by atoms with van der Waals surface area (Å²) in [7, 11) is 0. The van der Waals surface area contributed by atoms with E-state index in [0.717, 1.165) is 6.07 Å². The molecule has 0 saturated heterocycles. The molecule has 0 fully saturated rings. The first-order valence-corrected chi connectivity index (χ1v) is 5.15.